The van der Waals surface area contributed by atoms with Crippen molar-refractivity contribution < 1.29 is 18.8 Å². The SMILES string of the molecule is COc1ccc(C(=O)N2CCC(c3nc(C4CCOCC4)no3)C2)cn1. The lowest BCUT2D eigenvalue weighted by atomic mass is 10.00. The Morgan fingerprint density at radius 1 is 1.23 bits per heavy atom. The molecule has 4 heterocycles. The van der Waals surface area contributed by atoms with Crippen molar-refractivity contribution in [1.82, 2.24) is 20.0 Å². The van der Waals surface area contributed by atoms with E-state index in [0.717, 1.165) is 38.3 Å². The van der Waals surface area contributed by atoms with Gasteiger partial charge in [0.15, 0.2) is 5.82 Å². The maximum Gasteiger partial charge on any atom is 0.255 e. The molecule has 1 amide bonds. The molecule has 138 valence electrons. The minimum absolute atomic E-state index is 0.0354. The van der Waals surface area contributed by atoms with Gasteiger partial charge in [-0.05, 0) is 25.3 Å². The zero-order valence-corrected chi connectivity index (χ0v) is 14.8. The summed E-state index contributed by atoms with van der Waals surface area (Å²) >= 11 is 0. The third kappa shape index (κ3) is 3.41. The maximum absolute atomic E-state index is 12.6. The second kappa shape index (κ2) is 7.41. The molecule has 2 aliphatic rings. The van der Waals surface area contributed by atoms with Crippen molar-refractivity contribution in [2.75, 3.05) is 33.4 Å². The number of likely N-dealkylation sites (tertiary alicyclic amines) is 1. The predicted molar refractivity (Wildman–Crippen MR) is 91.1 cm³/mol. The Morgan fingerprint density at radius 3 is 2.81 bits per heavy atom. The molecule has 0 spiro atoms. The number of carbonyl (C=O) groups is 1. The molecule has 4 rings (SSSR count). The van der Waals surface area contributed by atoms with Crippen LogP contribution in [0.5, 0.6) is 5.88 Å². The quantitative estimate of drug-likeness (QED) is 0.825. The first-order valence-corrected chi connectivity index (χ1v) is 8.95. The van der Waals surface area contributed by atoms with Crippen LogP contribution in [0.3, 0.4) is 0 Å². The van der Waals surface area contributed by atoms with E-state index in [-0.39, 0.29) is 11.8 Å². The van der Waals surface area contributed by atoms with Crippen LogP contribution >= 0.6 is 0 Å². The molecule has 2 aliphatic heterocycles. The molecule has 2 saturated heterocycles. The fourth-order valence-corrected chi connectivity index (χ4v) is 3.49. The van der Waals surface area contributed by atoms with E-state index in [4.69, 9.17) is 14.0 Å². The Hall–Kier alpha value is -2.48. The summed E-state index contributed by atoms with van der Waals surface area (Å²) in [7, 11) is 1.55. The van der Waals surface area contributed by atoms with Gasteiger partial charge in [0, 0.05) is 44.5 Å². The van der Waals surface area contributed by atoms with Gasteiger partial charge in [0.05, 0.1) is 18.6 Å². The van der Waals surface area contributed by atoms with Crippen LogP contribution in [0.25, 0.3) is 0 Å². The van der Waals surface area contributed by atoms with E-state index < -0.39 is 0 Å². The van der Waals surface area contributed by atoms with Crippen molar-refractivity contribution >= 4 is 5.91 Å². The fourth-order valence-electron chi connectivity index (χ4n) is 3.49. The minimum Gasteiger partial charge on any atom is -0.481 e. The Labute approximate surface area is 151 Å². The van der Waals surface area contributed by atoms with Gasteiger partial charge < -0.3 is 18.9 Å². The van der Waals surface area contributed by atoms with Gasteiger partial charge in [-0.15, -0.1) is 0 Å². The van der Waals surface area contributed by atoms with E-state index in [1.807, 2.05) is 4.90 Å². The average Bonchev–Trinajstić information content (AvgIpc) is 3.38. The highest BCUT2D eigenvalue weighted by Crippen LogP contribution is 2.30. The van der Waals surface area contributed by atoms with E-state index in [9.17, 15) is 4.79 Å². The lowest BCUT2D eigenvalue weighted by molar-refractivity contribution is 0.0789. The van der Waals surface area contributed by atoms with Gasteiger partial charge >= 0.3 is 0 Å². The lowest BCUT2D eigenvalue weighted by Gasteiger charge is -2.18. The van der Waals surface area contributed by atoms with Gasteiger partial charge in [0.25, 0.3) is 5.91 Å². The van der Waals surface area contributed by atoms with Crippen LogP contribution in [-0.4, -0.2) is 59.3 Å². The Morgan fingerprint density at radius 2 is 2.08 bits per heavy atom. The number of hydrogen-bond acceptors (Lipinski definition) is 7. The number of rotatable bonds is 4. The number of hydrogen-bond donors (Lipinski definition) is 0. The average molecular weight is 358 g/mol. The van der Waals surface area contributed by atoms with Crippen molar-refractivity contribution in [2.45, 2.75) is 31.1 Å². The number of aromatic nitrogens is 3. The molecule has 2 fully saturated rings. The van der Waals surface area contributed by atoms with Crippen molar-refractivity contribution in [3.05, 3.63) is 35.6 Å². The standard InChI is InChI=1S/C18H22N4O4/c1-24-15-3-2-13(10-19-15)18(23)22-7-4-14(11-22)17-20-16(21-26-17)12-5-8-25-9-6-12/h2-3,10,12,14H,4-9,11H2,1H3. The van der Waals surface area contributed by atoms with E-state index in [0.29, 0.717) is 36.3 Å². The topological polar surface area (TPSA) is 90.6 Å². The minimum atomic E-state index is -0.0354. The first kappa shape index (κ1) is 17.0. The molecule has 0 saturated carbocycles. The monoisotopic (exact) mass is 358 g/mol. The summed E-state index contributed by atoms with van der Waals surface area (Å²) in [6.45, 7) is 2.75. The number of ether oxygens (including phenoxy) is 2. The van der Waals surface area contributed by atoms with Gasteiger partial charge in [0.1, 0.15) is 0 Å². The zero-order chi connectivity index (χ0) is 17.9. The maximum atomic E-state index is 12.6. The lowest BCUT2D eigenvalue weighted by Crippen LogP contribution is -2.28. The van der Waals surface area contributed by atoms with Crippen molar-refractivity contribution in [3.8, 4) is 5.88 Å². The molecule has 0 aromatic carbocycles. The number of carbonyl (C=O) groups excluding carboxylic acids is 1. The molecule has 0 N–H and O–H groups in total. The van der Waals surface area contributed by atoms with Crippen LogP contribution in [0.1, 0.15) is 53.2 Å². The molecular formula is C18H22N4O4. The zero-order valence-electron chi connectivity index (χ0n) is 14.8. The Bertz CT molecular complexity index is 755. The number of nitrogens with zero attached hydrogens (tertiary/aromatic N) is 4. The predicted octanol–water partition coefficient (Wildman–Crippen LogP) is 2.00. The summed E-state index contributed by atoms with van der Waals surface area (Å²) in [5.74, 6) is 2.26. The highest BCUT2D eigenvalue weighted by atomic mass is 16.5. The largest absolute Gasteiger partial charge is 0.481 e. The molecule has 1 unspecified atom stereocenters. The molecule has 2 aromatic heterocycles. The molecule has 1 atom stereocenters. The van der Waals surface area contributed by atoms with Crippen molar-refractivity contribution in [2.24, 2.45) is 0 Å². The summed E-state index contributed by atoms with van der Waals surface area (Å²) in [6, 6.07) is 3.43. The molecule has 8 nitrogen and oxygen atoms in total. The summed E-state index contributed by atoms with van der Waals surface area (Å²) in [6.07, 6.45) is 4.23. The molecule has 8 heteroatoms. The first-order valence-electron chi connectivity index (χ1n) is 8.95. The summed E-state index contributed by atoms with van der Waals surface area (Å²) in [5.41, 5.74) is 0.555. The second-order valence-corrected chi connectivity index (χ2v) is 6.70. The van der Waals surface area contributed by atoms with Gasteiger partial charge in [-0.1, -0.05) is 5.16 Å². The van der Waals surface area contributed by atoms with Crippen LogP contribution in [0, 0.1) is 0 Å². The second-order valence-electron chi connectivity index (χ2n) is 6.70. The Kier molecular flexibility index (Phi) is 4.83. The van der Waals surface area contributed by atoms with E-state index in [2.05, 4.69) is 15.1 Å². The van der Waals surface area contributed by atoms with Gasteiger partial charge in [0.2, 0.25) is 11.8 Å². The van der Waals surface area contributed by atoms with Crippen LogP contribution in [-0.2, 0) is 4.74 Å². The van der Waals surface area contributed by atoms with E-state index in [1.165, 1.54) is 0 Å². The van der Waals surface area contributed by atoms with E-state index >= 15 is 0 Å². The van der Waals surface area contributed by atoms with Crippen molar-refractivity contribution in [1.29, 1.82) is 0 Å². The summed E-state index contributed by atoms with van der Waals surface area (Å²) < 4.78 is 15.9. The Balaban J connectivity index is 1.40. The molecule has 26 heavy (non-hydrogen) atoms. The van der Waals surface area contributed by atoms with Gasteiger partial charge in [-0.25, -0.2) is 4.98 Å². The highest BCUT2D eigenvalue weighted by molar-refractivity contribution is 5.94. The summed E-state index contributed by atoms with van der Waals surface area (Å²) in [4.78, 5) is 23.2. The van der Waals surface area contributed by atoms with Crippen LogP contribution in [0.4, 0.5) is 0 Å². The highest BCUT2D eigenvalue weighted by Gasteiger charge is 2.32. The van der Waals surface area contributed by atoms with Crippen LogP contribution < -0.4 is 4.74 Å². The van der Waals surface area contributed by atoms with Gasteiger partial charge in [-0.3, -0.25) is 4.79 Å². The first-order chi connectivity index (χ1) is 12.7. The van der Waals surface area contributed by atoms with Crippen molar-refractivity contribution in [3.63, 3.8) is 0 Å². The smallest absolute Gasteiger partial charge is 0.255 e. The fraction of sp³-hybridized carbons (Fsp3) is 0.556. The number of amides is 1. The third-order valence-electron chi connectivity index (χ3n) is 5.06. The molecule has 0 bridgehead atoms. The normalized spacial score (nSPS) is 21.1. The van der Waals surface area contributed by atoms with Crippen LogP contribution in [0.15, 0.2) is 22.9 Å². The molecular weight excluding hydrogens is 336 g/mol. The molecule has 0 radical (unpaired) electrons. The number of methoxy groups -OCH3 is 1. The van der Waals surface area contributed by atoms with E-state index in [1.54, 1.807) is 25.4 Å². The third-order valence-corrected chi connectivity index (χ3v) is 5.06. The summed E-state index contributed by atoms with van der Waals surface area (Å²) in [5, 5.41) is 4.16. The number of pyridine rings is 1. The molecule has 2 aromatic rings. The molecule has 0 aliphatic carbocycles. The van der Waals surface area contributed by atoms with Gasteiger partial charge in [-0.2, -0.15) is 4.98 Å². The van der Waals surface area contributed by atoms with Crippen LogP contribution in [0.2, 0.25) is 0 Å².